The molecule has 0 saturated carbocycles. The molecule has 1 aliphatic rings. The predicted octanol–water partition coefficient (Wildman–Crippen LogP) is 4.52. The largest absolute Gasteiger partial charge is 0.397 e. The van der Waals surface area contributed by atoms with Gasteiger partial charge in [-0.15, -0.1) is 11.3 Å². The number of carbonyl (C=O) groups is 1. The molecule has 4 rings (SSSR count). The fourth-order valence-corrected chi connectivity index (χ4v) is 4.73. The Morgan fingerprint density at radius 3 is 2.92 bits per heavy atom. The Morgan fingerprint density at radius 1 is 1.36 bits per heavy atom. The van der Waals surface area contributed by atoms with Gasteiger partial charge in [0.05, 0.1) is 11.2 Å². The van der Waals surface area contributed by atoms with E-state index in [1.54, 1.807) is 0 Å². The van der Waals surface area contributed by atoms with Gasteiger partial charge in [0.1, 0.15) is 9.71 Å². The van der Waals surface area contributed by atoms with E-state index < -0.39 is 0 Å². The Morgan fingerprint density at radius 2 is 2.16 bits per heavy atom. The van der Waals surface area contributed by atoms with Gasteiger partial charge in [-0.2, -0.15) is 0 Å². The van der Waals surface area contributed by atoms with Gasteiger partial charge in [0.2, 0.25) is 0 Å². The lowest BCUT2D eigenvalue weighted by atomic mass is 10.00. The molecule has 1 atom stereocenters. The number of hydrogen-bond acceptors (Lipinski definition) is 4. The molecule has 0 unspecified atom stereocenters. The number of piperidine rings is 1. The van der Waals surface area contributed by atoms with Gasteiger partial charge in [0.15, 0.2) is 0 Å². The van der Waals surface area contributed by atoms with Crippen molar-refractivity contribution in [2.75, 3.05) is 18.8 Å². The molecule has 5 heteroatoms. The molecule has 0 aliphatic carbocycles. The molecule has 1 aliphatic heterocycles. The number of carbonyl (C=O) groups excluding carboxylic acids is 1. The monoisotopic (exact) mass is 353 g/mol. The van der Waals surface area contributed by atoms with Crippen molar-refractivity contribution in [2.45, 2.75) is 33.6 Å². The van der Waals surface area contributed by atoms with Gasteiger partial charge in [-0.3, -0.25) is 4.79 Å². The third-order valence-electron chi connectivity index (χ3n) is 5.35. The highest BCUT2D eigenvalue weighted by Gasteiger charge is 2.26. The molecule has 1 saturated heterocycles. The van der Waals surface area contributed by atoms with Crippen LogP contribution in [0.1, 0.15) is 40.6 Å². The van der Waals surface area contributed by atoms with Crippen molar-refractivity contribution in [3.8, 4) is 0 Å². The minimum absolute atomic E-state index is 0.0593. The van der Waals surface area contributed by atoms with Crippen LogP contribution >= 0.6 is 11.3 Å². The number of aryl methyl sites for hydroxylation is 2. The number of rotatable bonds is 1. The zero-order chi connectivity index (χ0) is 17.7. The molecule has 0 spiro atoms. The van der Waals surface area contributed by atoms with Gasteiger partial charge in [-0.1, -0.05) is 19.1 Å². The minimum Gasteiger partial charge on any atom is -0.397 e. The quantitative estimate of drug-likeness (QED) is 0.700. The summed E-state index contributed by atoms with van der Waals surface area (Å²) in [4.78, 5) is 21.3. The van der Waals surface area contributed by atoms with Crippen LogP contribution in [-0.4, -0.2) is 28.9 Å². The number of likely N-dealkylation sites (tertiary alicyclic amines) is 1. The average Bonchev–Trinajstić information content (AvgIpc) is 2.92. The molecule has 25 heavy (non-hydrogen) atoms. The predicted molar refractivity (Wildman–Crippen MR) is 105 cm³/mol. The van der Waals surface area contributed by atoms with Crippen molar-refractivity contribution in [3.63, 3.8) is 0 Å². The van der Waals surface area contributed by atoms with Gasteiger partial charge < -0.3 is 10.6 Å². The highest BCUT2D eigenvalue weighted by molar-refractivity contribution is 7.21. The summed E-state index contributed by atoms with van der Waals surface area (Å²) in [6.07, 6.45) is 2.26. The van der Waals surface area contributed by atoms with Crippen LogP contribution in [0.15, 0.2) is 18.2 Å². The number of fused-ring (bicyclic) bond motifs is 2. The van der Waals surface area contributed by atoms with E-state index in [1.807, 2.05) is 4.90 Å². The Kier molecular flexibility index (Phi) is 3.91. The van der Waals surface area contributed by atoms with Crippen molar-refractivity contribution in [3.05, 3.63) is 34.2 Å². The molecule has 1 fully saturated rings. The molecule has 1 aromatic carbocycles. The first kappa shape index (κ1) is 16.3. The zero-order valence-corrected chi connectivity index (χ0v) is 15.7. The normalized spacial score (nSPS) is 18.2. The van der Waals surface area contributed by atoms with Gasteiger partial charge in [0, 0.05) is 23.9 Å². The fourth-order valence-electron chi connectivity index (χ4n) is 3.69. The molecule has 130 valence electrons. The maximum absolute atomic E-state index is 13.0. The molecular weight excluding hydrogens is 330 g/mol. The van der Waals surface area contributed by atoms with Gasteiger partial charge in [-0.05, 0) is 49.8 Å². The van der Waals surface area contributed by atoms with Gasteiger partial charge in [0.25, 0.3) is 5.91 Å². The van der Waals surface area contributed by atoms with Crippen LogP contribution in [-0.2, 0) is 0 Å². The topological polar surface area (TPSA) is 59.2 Å². The Hall–Kier alpha value is -2.14. The van der Waals surface area contributed by atoms with Crippen molar-refractivity contribution in [1.82, 2.24) is 9.88 Å². The number of aromatic nitrogens is 1. The number of nitrogens with zero attached hydrogens (tertiary/aromatic N) is 2. The lowest BCUT2D eigenvalue weighted by Gasteiger charge is -2.30. The van der Waals surface area contributed by atoms with Crippen LogP contribution in [0.4, 0.5) is 5.69 Å². The molecule has 4 nitrogen and oxygen atoms in total. The van der Waals surface area contributed by atoms with E-state index in [0.29, 0.717) is 16.5 Å². The van der Waals surface area contributed by atoms with E-state index in [-0.39, 0.29) is 5.91 Å². The average molecular weight is 353 g/mol. The van der Waals surface area contributed by atoms with Crippen molar-refractivity contribution < 1.29 is 4.79 Å². The van der Waals surface area contributed by atoms with E-state index in [2.05, 4.69) is 39.0 Å². The summed E-state index contributed by atoms with van der Waals surface area (Å²) < 4.78 is 0. The van der Waals surface area contributed by atoms with Gasteiger partial charge >= 0.3 is 0 Å². The maximum Gasteiger partial charge on any atom is 0.266 e. The maximum atomic E-state index is 13.0. The number of nitrogens with two attached hydrogens (primary N) is 1. The second-order valence-electron chi connectivity index (χ2n) is 7.26. The summed E-state index contributed by atoms with van der Waals surface area (Å²) in [6.45, 7) is 8.03. The lowest BCUT2D eigenvalue weighted by Crippen LogP contribution is -2.38. The summed E-state index contributed by atoms with van der Waals surface area (Å²) in [5.74, 6) is 0.614. The second kappa shape index (κ2) is 5.99. The number of nitrogen functional groups attached to an aromatic ring is 1. The van der Waals surface area contributed by atoms with Crippen LogP contribution in [0.3, 0.4) is 0 Å². The Labute approximate surface area is 151 Å². The molecule has 2 aromatic heterocycles. The SMILES string of the molecule is Cc1ccc2cc3c(N)c(C(=O)N4CCC[C@@H](C)C4)sc3nc2c1C. The molecule has 3 heterocycles. The first-order valence-electron chi connectivity index (χ1n) is 8.84. The van der Waals surface area contributed by atoms with Crippen molar-refractivity contribution >= 4 is 44.1 Å². The lowest BCUT2D eigenvalue weighted by molar-refractivity contribution is 0.0689. The van der Waals surface area contributed by atoms with E-state index in [1.165, 1.54) is 28.9 Å². The third kappa shape index (κ3) is 2.67. The number of thiophene rings is 1. The number of anilines is 1. The zero-order valence-electron chi connectivity index (χ0n) is 14.9. The van der Waals surface area contributed by atoms with Crippen LogP contribution in [0, 0.1) is 19.8 Å². The summed E-state index contributed by atoms with van der Waals surface area (Å²) in [5, 5.41) is 1.97. The van der Waals surface area contributed by atoms with Crippen molar-refractivity contribution in [1.29, 1.82) is 0 Å². The van der Waals surface area contributed by atoms with Crippen LogP contribution in [0.5, 0.6) is 0 Å². The number of benzene rings is 1. The number of amides is 1. The smallest absolute Gasteiger partial charge is 0.266 e. The van der Waals surface area contributed by atoms with E-state index in [9.17, 15) is 4.79 Å². The number of pyridine rings is 1. The molecule has 1 amide bonds. The van der Waals surface area contributed by atoms with Crippen LogP contribution in [0.2, 0.25) is 0 Å². The number of hydrogen-bond donors (Lipinski definition) is 1. The van der Waals surface area contributed by atoms with Gasteiger partial charge in [-0.25, -0.2) is 4.98 Å². The highest BCUT2D eigenvalue weighted by atomic mass is 32.1. The van der Waals surface area contributed by atoms with E-state index in [0.717, 1.165) is 40.6 Å². The second-order valence-corrected chi connectivity index (χ2v) is 8.26. The highest BCUT2D eigenvalue weighted by Crippen LogP contribution is 2.36. The fraction of sp³-hybridized carbons (Fsp3) is 0.400. The third-order valence-corrected chi connectivity index (χ3v) is 6.45. The van der Waals surface area contributed by atoms with Crippen LogP contribution in [0.25, 0.3) is 21.1 Å². The minimum atomic E-state index is 0.0593. The Balaban J connectivity index is 1.83. The summed E-state index contributed by atoms with van der Waals surface area (Å²) in [5.41, 5.74) is 10.4. The first-order chi connectivity index (χ1) is 12.0. The molecule has 3 aromatic rings. The first-order valence-corrected chi connectivity index (χ1v) is 9.65. The summed E-state index contributed by atoms with van der Waals surface area (Å²) in [6, 6.07) is 6.26. The standard InChI is InChI=1S/C20H23N3OS/c1-11-5-4-8-23(10-11)20(24)18-16(21)15-9-14-7-6-12(2)13(3)17(14)22-19(15)25-18/h6-7,9,11H,4-5,8,10,21H2,1-3H3/t11-/m1/s1. The van der Waals surface area contributed by atoms with Crippen LogP contribution < -0.4 is 5.73 Å². The molecule has 0 radical (unpaired) electrons. The molecule has 2 N–H and O–H groups in total. The Bertz CT molecular complexity index is 992. The molecule has 0 bridgehead atoms. The molecular formula is C20H23N3OS. The summed E-state index contributed by atoms with van der Waals surface area (Å²) >= 11 is 1.43. The van der Waals surface area contributed by atoms with E-state index >= 15 is 0 Å². The summed E-state index contributed by atoms with van der Waals surface area (Å²) in [7, 11) is 0. The van der Waals surface area contributed by atoms with E-state index in [4.69, 9.17) is 10.7 Å². The van der Waals surface area contributed by atoms with Crippen molar-refractivity contribution in [2.24, 2.45) is 5.92 Å².